The molecule has 1 aliphatic rings. The molecule has 106 valence electrons. The fraction of sp³-hybridized carbons (Fsp3) is 0.400. The number of alkyl halides is 2. The first-order valence-corrected chi connectivity index (χ1v) is 6.79. The van der Waals surface area contributed by atoms with Crippen molar-refractivity contribution < 1.29 is 13.5 Å². The molecule has 5 heteroatoms. The Morgan fingerprint density at radius 1 is 1.25 bits per heavy atom. The van der Waals surface area contributed by atoms with Gasteiger partial charge in [-0.05, 0) is 25.0 Å². The zero-order chi connectivity index (χ0) is 14.1. The molecule has 2 N–H and O–H groups in total. The standard InChI is InChI=1S/C15H16F2N2O/c16-15(17)20-13-7-3-6-10-11(18)8-12(19-14(10)13)9-4-1-2-5-9/h3,6-9,15H,1-2,4-5H2,(H2,18,19). The molecule has 2 aromatic rings. The fourth-order valence-electron chi connectivity index (χ4n) is 2.89. The molecule has 0 amide bonds. The van der Waals surface area contributed by atoms with Crippen LogP contribution in [0.5, 0.6) is 5.75 Å². The molecule has 1 aromatic carbocycles. The number of hydrogen-bond acceptors (Lipinski definition) is 3. The second-order valence-corrected chi connectivity index (χ2v) is 5.15. The summed E-state index contributed by atoms with van der Waals surface area (Å²) in [6, 6.07) is 6.78. The minimum absolute atomic E-state index is 0.0871. The molecule has 1 heterocycles. The SMILES string of the molecule is Nc1cc(C2CCCC2)nc2c(OC(F)F)cccc12. The zero-order valence-electron chi connectivity index (χ0n) is 11.0. The molecule has 0 unspecified atom stereocenters. The Kier molecular flexibility index (Phi) is 3.42. The van der Waals surface area contributed by atoms with E-state index in [2.05, 4.69) is 9.72 Å². The number of hydrogen-bond donors (Lipinski definition) is 1. The van der Waals surface area contributed by atoms with Gasteiger partial charge in [-0.2, -0.15) is 8.78 Å². The highest BCUT2D eigenvalue weighted by Gasteiger charge is 2.20. The number of nitrogens with two attached hydrogens (primary N) is 1. The average Bonchev–Trinajstić information content (AvgIpc) is 2.93. The van der Waals surface area contributed by atoms with Crippen LogP contribution >= 0.6 is 0 Å². The van der Waals surface area contributed by atoms with Crippen LogP contribution in [0.4, 0.5) is 14.5 Å². The zero-order valence-corrected chi connectivity index (χ0v) is 11.0. The highest BCUT2D eigenvalue weighted by atomic mass is 19.3. The van der Waals surface area contributed by atoms with Gasteiger partial charge in [0.05, 0.1) is 0 Å². The number of pyridine rings is 1. The lowest BCUT2D eigenvalue weighted by Crippen LogP contribution is -2.05. The maximum Gasteiger partial charge on any atom is 0.387 e. The number of fused-ring (bicyclic) bond motifs is 1. The predicted molar refractivity (Wildman–Crippen MR) is 74.0 cm³/mol. The van der Waals surface area contributed by atoms with Crippen LogP contribution in [0.25, 0.3) is 10.9 Å². The number of para-hydroxylation sites is 1. The summed E-state index contributed by atoms with van der Waals surface area (Å²) in [6.07, 6.45) is 4.52. The van der Waals surface area contributed by atoms with Gasteiger partial charge in [-0.25, -0.2) is 4.98 Å². The summed E-state index contributed by atoms with van der Waals surface area (Å²) in [5.41, 5.74) is 7.92. The summed E-state index contributed by atoms with van der Waals surface area (Å²) in [5, 5.41) is 0.657. The molecular formula is C15H16F2N2O. The summed E-state index contributed by atoms with van der Waals surface area (Å²) in [4.78, 5) is 4.53. The molecule has 1 fully saturated rings. The minimum Gasteiger partial charge on any atom is -0.432 e. The van der Waals surface area contributed by atoms with Crippen molar-refractivity contribution in [2.75, 3.05) is 5.73 Å². The Morgan fingerprint density at radius 2 is 2.00 bits per heavy atom. The molecule has 0 bridgehead atoms. The molecule has 3 nitrogen and oxygen atoms in total. The van der Waals surface area contributed by atoms with E-state index in [1.54, 1.807) is 12.1 Å². The van der Waals surface area contributed by atoms with Crippen LogP contribution in [-0.4, -0.2) is 11.6 Å². The van der Waals surface area contributed by atoms with Crippen LogP contribution < -0.4 is 10.5 Å². The topological polar surface area (TPSA) is 48.1 Å². The van der Waals surface area contributed by atoms with Crippen molar-refractivity contribution in [2.24, 2.45) is 0 Å². The largest absolute Gasteiger partial charge is 0.432 e. The van der Waals surface area contributed by atoms with E-state index in [9.17, 15) is 8.78 Å². The fourth-order valence-corrected chi connectivity index (χ4v) is 2.89. The molecule has 1 aromatic heterocycles. The minimum atomic E-state index is -2.86. The van der Waals surface area contributed by atoms with Crippen LogP contribution in [0, 0.1) is 0 Å². The molecule has 0 atom stereocenters. The first kappa shape index (κ1) is 13.1. The average molecular weight is 278 g/mol. The van der Waals surface area contributed by atoms with E-state index in [0.717, 1.165) is 18.5 Å². The van der Waals surface area contributed by atoms with Gasteiger partial charge in [-0.15, -0.1) is 0 Å². The molecule has 0 aliphatic heterocycles. The Balaban J connectivity index is 2.11. The first-order valence-electron chi connectivity index (χ1n) is 6.79. The van der Waals surface area contributed by atoms with Crippen molar-refractivity contribution in [2.45, 2.75) is 38.2 Å². The summed E-state index contributed by atoms with van der Waals surface area (Å²) in [5.74, 6) is 0.463. The van der Waals surface area contributed by atoms with Crippen LogP contribution in [-0.2, 0) is 0 Å². The van der Waals surface area contributed by atoms with Gasteiger partial charge in [0.1, 0.15) is 5.52 Å². The van der Waals surface area contributed by atoms with E-state index in [0.29, 0.717) is 22.5 Å². The summed E-state index contributed by atoms with van der Waals surface area (Å²) in [7, 11) is 0. The third-order valence-electron chi connectivity index (χ3n) is 3.84. The molecule has 20 heavy (non-hydrogen) atoms. The second kappa shape index (κ2) is 5.23. The normalized spacial score (nSPS) is 16.1. The number of rotatable bonds is 3. The number of anilines is 1. The van der Waals surface area contributed by atoms with Gasteiger partial charge in [0.15, 0.2) is 5.75 Å². The quantitative estimate of drug-likeness (QED) is 0.920. The lowest BCUT2D eigenvalue weighted by Gasteiger charge is -2.14. The van der Waals surface area contributed by atoms with E-state index in [-0.39, 0.29) is 5.75 Å². The maximum atomic E-state index is 12.5. The highest BCUT2D eigenvalue weighted by molar-refractivity contribution is 5.94. The predicted octanol–water partition coefficient (Wildman–Crippen LogP) is 4.08. The van der Waals surface area contributed by atoms with E-state index in [1.807, 2.05) is 6.07 Å². The Morgan fingerprint density at radius 3 is 2.70 bits per heavy atom. The van der Waals surface area contributed by atoms with Crippen LogP contribution in [0.1, 0.15) is 37.3 Å². The molecule has 1 saturated carbocycles. The van der Waals surface area contributed by atoms with Gasteiger partial charge in [0.2, 0.25) is 0 Å². The number of ether oxygens (including phenoxy) is 1. The Labute approximate surface area is 115 Å². The molecule has 0 saturated heterocycles. The van der Waals surface area contributed by atoms with E-state index in [1.165, 1.54) is 18.9 Å². The van der Waals surface area contributed by atoms with Gasteiger partial charge >= 0.3 is 6.61 Å². The Bertz CT molecular complexity index is 625. The van der Waals surface area contributed by atoms with Crippen LogP contribution in [0.2, 0.25) is 0 Å². The van der Waals surface area contributed by atoms with Crippen molar-refractivity contribution in [1.82, 2.24) is 4.98 Å². The monoisotopic (exact) mass is 278 g/mol. The molecule has 1 aliphatic carbocycles. The lowest BCUT2D eigenvalue weighted by molar-refractivity contribution is -0.0489. The number of aromatic nitrogens is 1. The van der Waals surface area contributed by atoms with Gasteiger partial charge in [-0.3, -0.25) is 0 Å². The van der Waals surface area contributed by atoms with Gasteiger partial charge in [0, 0.05) is 22.7 Å². The number of halogens is 2. The van der Waals surface area contributed by atoms with Crippen molar-refractivity contribution in [3.8, 4) is 5.75 Å². The summed E-state index contributed by atoms with van der Waals surface area (Å²) >= 11 is 0. The number of nitrogens with zero attached hydrogens (tertiary/aromatic N) is 1. The molecule has 0 radical (unpaired) electrons. The van der Waals surface area contributed by atoms with E-state index in [4.69, 9.17) is 5.73 Å². The van der Waals surface area contributed by atoms with Gasteiger partial charge in [-0.1, -0.05) is 25.0 Å². The smallest absolute Gasteiger partial charge is 0.387 e. The highest BCUT2D eigenvalue weighted by Crippen LogP contribution is 2.37. The van der Waals surface area contributed by atoms with Crippen LogP contribution in [0.3, 0.4) is 0 Å². The third-order valence-corrected chi connectivity index (χ3v) is 3.84. The number of benzene rings is 1. The molecule has 0 spiro atoms. The molecular weight excluding hydrogens is 262 g/mol. The summed E-state index contributed by atoms with van der Waals surface area (Å²) < 4.78 is 29.5. The van der Waals surface area contributed by atoms with Crippen molar-refractivity contribution >= 4 is 16.6 Å². The van der Waals surface area contributed by atoms with Crippen molar-refractivity contribution in [3.05, 3.63) is 30.0 Å². The van der Waals surface area contributed by atoms with Crippen molar-refractivity contribution in [3.63, 3.8) is 0 Å². The van der Waals surface area contributed by atoms with E-state index < -0.39 is 6.61 Å². The summed E-state index contributed by atoms with van der Waals surface area (Å²) in [6.45, 7) is -2.86. The van der Waals surface area contributed by atoms with Crippen molar-refractivity contribution in [1.29, 1.82) is 0 Å². The Hall–Kier alpha value is -1.91. The van der Waals surface area contributed by atoms with Gasteiger partial charge < -0.3 is 10.5 Å². The number of nitrogen functional groups attached to an aromatic ring is 1. The lowest BCUT2D eigenvalue weighted by atomic mass is 10.0. The third kappa shape index (κ3) is 2.40. The second-order valence-electron chi connectivity index (χ2n) is 5.15. The maximum absolute atomic E-state index is 12.5. The van der Waals surface area contributed by atoms with E-state index >= 15 is 0 Å². The van der Waals surface area contributed by atoms with Gasteiger partial charge in [0.25, 0.3) is 0 Å². The molecule has 3 rings (SSSR count). The first-order chi connectivity index (χ1) is 9.65. The van der Waals surface area contributed by atoms with Crippen LogP contribution in [0.15, 0.2) is 24.3 Å².